The number of hydrogen-bond donors (Lipinski definition) is 3. The fraction of sp³-hybridized carbons (Fsp3) is 0.739. The van der Waals surface area contributed by atoms with Gasteiger partial charge in [0.25, 0.3) is 0 Å². The van der Waals surface area contributed by atoms with Gasteiger partial charge < -0.3 is 20.6 Å². The molecule has 0 spiro atoms. The molecule has 0 radical (unpaired) electrons. The number of anilines is 1. The van der Waals surface area contributed by atoms with Crippen molar-refractivity contribution in [3.05, 3.63) is 23.9 Å². The van der Waals surface area contributed by atoms with Crippen molar-refractivity contribution in [3.8, 4) is 0 Å². The maximum absolute atomic E-state index is 9.45. The number of aliphatic hydroxyl groups excluding tert-OH is 1. The Bertz CT molecular complexity index is 613. The first-order valence-corrected chi connectivity index (χ1v) is 11.5. The molecule has 0 atom stereocenters. The summed E-state index contributed by atoms with van der Waals surface area (Å²) in [5.41, 5.74) is 1.30. The second-order valence-electron chi connectivity index (χ2n) is 8.15. The maximum atomic E-state index is 9.45. The zero-order chi connectivity index (χ0) is 21.0. The zero-order valence-electron chi connectivity index (χ0n) is 19.1. The Labute approximate surface area is 200 Å². The molecule has 0 aromatic carbocycles. The van der Waals surface area contributed by atoms with Crippen molar-refractivity contribution in [2.24, 2.45) is 10.4 Å². The summed E-state index contributed by atoms with van der Waals surface area (Å²) in [5.74, 6) is 1.92. The molecule has 7 heteroatoms. The summed E-state index contributed by atoms with van der Waals surface area (Å²) in [5, 5.41) is 16.3. The third kappa shape index (κ3) is 8.57. The summed E-state index contributed by atoms with van der Waals surface area (Å²) in [6.07, 6.45) is 9.96. The van der Waals surface area contributed by atoms with E-state index in [1.54, 1.807) is 0 Å². The fourth-order valence-corrected chi connectivity index (χ4v) is 3.99. The van der Waals surface area contributed by atoms with Gasteiger partial charge in [0.2, 0.25) is 0 Å². The number of halogens is 1. The van der Waals surface area contributed by atoms with Gasteiger partial charge in [-0.05, 0) is 62.1 Å². The van der Waals surface area contributed by atoms with E-state index in [0.29, 0.717) is 6.54 Å². The standard InChI is InChI=1S/C23H41N5O.HI/c1-4-23(5-2,12-16-29)19-27-22(24-6-3)26-18-20-11-13-25-21(17-20)28-14-9-7-8-10-15-28;/h11,13,17,29H,4-10,12,14-16,18-19H2,1-3H3,(H2,24,26,27);1H. The number of aliphatic imine (C=N–C) groups is 1. The van der Waals surface area contributed by atoms with Crippen molar-refractivity contribution in [1.29, 1.82) is 0 Å². The van der Waals surface area contributed by atoms with Gasteiger partial charge >= 0.3 is 0 Å². The van der Waals surface area contributed by atoms with E-state index >= 15 is 0 Å². The Morgan fingerprint density at radius 2 is 1.83 bits per heavy atom. The van der Waals surface area contributed by atoms with E-state index in [1.807, 2.05) is 6.20 Å². The van der Waals surface area contributed by atoms with Crippen molar-refractivity contribution >= 4 is 35.8 Å². The van der Waals surface area contributed by atoms with Crippen molar-refractivity contribution in [2.75, 3.05) is 37.7 Å². The van der Waals surface area contributed by atoms with Crippen LogP contribution in [0.2, 0.25) is 0 Å². The molecule has 6 nitrogen and oxygen atoms in total. The fourth-order valence-electron chi connectivity index (χ4n) is 3.99. The number of hydrogen-bond acceptors (Lipinski definition) is 4. The third-order valence-electron chi connectivity index (χ3n) is 6.28. The lowest BCUT2D eigenvalue weighted by Crippen LogP contribution is -2.43. The van der Waals surface area contributed by atoms with Gasteiger partial charge in [0.15, 0.2) is 5.96 Å². The van der Waals surface area contributed by atoms with Crippen LogP contribution in [-0.4, -0.2) is 48.8 Å². The highest BCUT2D eigenvalue weighted by atomic mass is 127. The summed E-state index contributed by atoms with van der Waals surface area (Å²) in [4.78, 5) is 11.8. The Morgan fingerprint density at radius 3 is 2.43 bits per heavy atom. The lowest BCUT2D eigenvalue weighted by atomic mass is 9.79. The predicted octanol–water partition coefficient (Wildman–Crippen LogP) is 4.32. The second kappa shape index (κ2) is 14.8. The molecule has 0 bridgehead atoms. The summed E-state index contributed by atoms with van der Waals surface area (Å²) < 4.78 is 0. The van der Waals surface area contributed by atoms with Crippen LogP contribution in [-0.2, 0) is 6.54 Å². The van der Waals surface area contributed by atoms with Crippen LogP contribution in [0.1, 0.15) is 71.3 Å². The molecule has 30 heavy (non-hydrogen) atoms. The van der Waals surface area contributed by atoms with Crippen LogP contribution in [0.15, 0.2) is 23.3 Å². The van der Waals surface area contributed by atoms with Crippen LogP contribution in [0.3, 0.4) is 0 Å². The molecule has 1 aliphatic rings. The zero-order valence-corrected chi connectivity index (χ0v) is 21.5. The van der Waals surface area contributed by atoms with Gasteiger partial charge in [-0.15, -0.1) is 24.0 Å². The minimum atomic E-state index is 0. The van der Waals surface area contributed by atoms with E-state index in [0.717, 1.165) is 57.2 Å². The summed E-state index contributed by atoms with van der Waals surface area (Å²) >= 11 is 0. The first-order valence-electron chi connectivity index (χ1n) is 11.5. The smallest absolute Gasteiger partial charge is 0.191 e. The molecule has 172 valence electrons. The molecule has 2 heterocycles. The number of rotatable bonds is 10. The minimum Gasteiger partial charge on any atom is -0.396 e. The highest BCUT2D eigenvalue weighted by molar-refractivity contribution is 14.0. The Kier molecular flexibility index (Phi) is 13.3. The van der Waals surface area contributed by atoms with Gasteiger partial charge in [-0.3, -0.25) is 0 Å². The van der Waals surface area contributed by atoms with Gasteiger partial charge in [-0.1, -0.05) is 26.7 Å². The van der Waals surface area contributed by atoms with Crippen molar-refractivity contribution in [1.82, 2.24) is 15.6 Å². The average molecular weight is 532 g/mol. The van der Waals surface area contributed by atoms with Crippen molar-refractivity contribution < 1.29 is 5.11 Å². The molecule has 0 unspecified atom stereocenters. The average Bonchev–Trinajstić information content (AvgIpc) is 3.04. The molecule has 3 N–H and O–H groups in total. The SMILES string of the molecule is CCNC(=NCc1ccnc(N2CCCCCC2)c1)NCC(CC)(CC)CCO.I. The number of pyridine rings is 1. The molecule has 1 fully saturated rings. The molecule has 1 aromatic rings. The van der Waals surface area contributed by atoms with E-state index in [9.17, 15) is 5.11 Å². The molecule has 1 saturated heterocycles. The van der Waals surface area contributed by atoms with Crippen molar-refractivity contribution in [3.63, 3.8) is 0 Å². The van der Waals surface area contributed by atoms with E-state index < -0.39 is 0 Å². The lowest BCUT2D eigenvalue weighted by Gasteiger charge is -2.32. The van der Waals surface area contributed by atoms with E-state index in [2.05, 4.69) is 53.4 Å². The van der Waals surface area contributed by atoms with Crippen molar-refractivity contribution in [2.45, 2.75) is 72.3 Å². The number of nitrogens with one attached hydrogen (secondary N) is 2. The Balaban J connectivity index is 0.00000450. The molecule has 0 amide bonds. The summed E-state index contributed by atoms with van der Waals surface area (Å²) in [7, 11) is 0. The highest BCUT2D eigenvalue weighted by Crippen LogP contribution is 2.29. The van der Waals surface area contributed by atoms with Gasteiger partial charge in [0, 0.05) is 39.0 Å². The number of guanidine groups is 1. The Hall–Kier alpha value is -1.09. The molecule has 2 rings (SSSR count). The summed E-state index contributed by atoms with van der Waals surface area (Å²) in [6, 6.07) is 4.25. The molecule has 0 saturated carbocycles. The van der Waals surface area contributed by atoms with E-state index in [4.69, 9.17) is 4.99 Å². The molecule has 1 aromatic heterocycles. The summed E-state index contributed by atoms with van der Waals surface area (Å²) in [6.45, 7) is 11.2. The van der Waals surface area contributed by atoms with Crippen LogP contribution in [0.25, 0.3) is 0 Å². The van der Waals surface area contributed by atoms with Crippen LogP contribution >= 0.6 is 24.0 Å². The number of nitrogens with zero attached hydrogens (tertiary/aromatic N) is 3. The molecule has 1 aliphatic heterocycles. The van der Waals surface area contributed by atoms with Crippen LogP contribution in [0.4, 0.5) is 5.82 Å². The Morgan fingerprint density at radius 1 is 1.13 bits per heavy atom. The quantitative estimate of drug-likeness (QED) is 0.238. The molecule has 0 aliphatic carbocycles. The topological polar surface area (TPSA) is 72.8 Å². The minimum absolute atomic E-state index is 0. The predicted molar refractivity (Wildman–Crippen MR) is 138 cm³/mol. The third-order valence-corrected chi connectivity index (χ3v) is 6.28. The number of aliphatic hydroxyl groups is 1. The first kappa shape index (κ1) is 26.9. The van der Waals surface area contributed by atoms with E-state index in [1.165, 1.54) is 31.2 Å². The number of aromatic nitrogens is 1. The van der Waals surface area contributed by atoms with Gasteiger partial charge in [-0.2, -0.15) is 0 Å². The monoisotopic (exact) mass is 531 g/mol. The molecular formula is C23H42IN5O. The van der Waals surface area contributed by atoms with E-state index in [-0.39, 0.29) is 36.0 Å². The first-order chi connectivity index (χ1) is 14.2. The largest absolute Gasteiger partial charge is 0.396 e. The molecular weight excluding hydrogens is 489 g/mol. The second-order valence-corrected chi connectivity index (χ2v) is 8.15. The van der Waals surface area contributed by atoms with Crippen LogP contribution < -0.4 is 15.5 Å². The van der Waals surface area contributed by atoms with Gasteiger partial charge in [0.1, 0.15) is 5.82 Å². The van der Waals surface area contributed by atoms with Crippen LogP contribution in [0, 0.1) is 5.41 Å². The highest BCUT2D eigenvalue weighted by Gasteiger charge is 2.25. The normalized spacial score (nSPS) is 15.3. The maximum Gasteiger partial charge on any atom is 0.191 e. The lowest BCUT2D eigenvalue weighted by molar-refractivity contribution is 0.169. The van der Waals surface area contributed by atoms with Gasteiger partial charge in [-0.25, -0.2) is 9.98 Å². The van der Waals surface area contributed by atoms with Gasteiger partial charge in [0.05, 0.1) is 6.54 Å². The van der Waals surface area contributed by atoms with Crippen LogP contribution in [0.5, 0.6) is 0 Å².